The highest BCUT2D eigenvalue weighted by molar-refractivity contribution is 5.85. The molecule has 3 aliphatic carbocycles. The molecule has 1 spiro atoms. The zero-order chi connectivity index (χ0) is 20.4. The number of carbonyl (C=O) groups is 1. The maximum absolute atomic E-state index is 11.4. The summed E-state index contributed by atoms with van der Waals surface area (Å²) in [7, 11) is 0. The number of aliphatic hydroxyl groups is 1. The predicted molar refractivity (Wildman–Crippen MR) is 111 cm³/mol. The minimum Gasteiger partial charge on any atom is -0.429 e. The van der Waals surface area contributed by atoms with Crippen molar-refractivity contribution in [3.05, 3.63) is 23.3 Å². The summed E-state index contributed by atoms with van der Waals surface area (Å²) < 4.78 is 10.8. The van der Waals surface area contributed by atoms with Gasteiger partial charge in [0, 0.05) is 11.6 Å². The molecule has 0 radical (unpaired) electrons. The molecule has 5 aliphatic rings. The van der Waals surface area contributed by atoms with Gasteiger partial charge >= 0.3 is 5.97 Å². The molecule has 2 unspecified atom stereocenters. The zero-order valence-corrected chi connectivity index (χ0v) is 18.2. The molecular formula is C25H36O4. The SMILES string of the molecule is C[C@H]1CCC23C[C@]2(C)CCC[C@@H]3[C@@]1(C)CCC1=CC[C@H](C2=CC(=O)OC2O)OC1. The average Bonchev–Trinajstić information content (AvgIpc) is 3.19. The van der Waals surface area contributed by atoms with E-state index in [0.29, 0.717) is 34.8 Å². The lowest BCUT2D eigenvalue weighted by atomic mass is 9.50. The average molecular weight is 401 g/mol. The minimum atomic E-state index is -1.14. The van der Waals surface area contributed by atoms with Crippen LogP contribution in [-0.2, 0) is 14.3 Å². The van der Waals surface area contributed by atoms with E-state index in [9.17, 15) is 9.90 Å². The molecule has 0 aromatic heterocycles. The first-order valence-corrected chi connectivity index (χ1v) is 11.7. The standard InChI is InChI=1S/C25H36O4/c1-16-8-12-25-15-23(25,2)10-4-5-20(25)24(16,3)11-9-17-6-7-19(28-14-17)18-13-21(26)29-22(18)27/h6,13,16,19-20,22,27H,4-5,7-12,14-15H2,1-3H3/t16-,19+,20+,22?,23-,24-,25?/m0/s1. The van der Waals surface area contributed by atoms with Crippen LogP contribution >= 0.6 is 0 Å². The first-order chi connectivity index (χ1) is 13.8. The van der Waals surface area contributed by atoms with Gasteiger partial charge < -0.3 is 14.6 Å². The lowest BCUT2D eigenvalue weighted by Crippen LogP contribution is -2.47. The van der Waals surface area contributed by atoms with Crippen LogP contribution in [0.15, 0.2) is 23.3 Å². The molecule has 4 heteroatoms. The molecule has 0 bridgehead atoms. The third-order valence-electron chi connectivity index (χ3n) is 9.86. The molecule has 3 saturated carbocycles. The van der Waals surface area contributed by atoms with E-state index < -0.39 is 12.3 Å². The Bertz CT molecular complexity index is 769. The van der Waals surface area contributed by atoms with Crippen LogP contribution in [0.4, 0.5) is 0 Å². The van der Waals surface area contributed by atoms with Crippen LogP contribution in [0, 0.1) is 28.1 Å². The van der Waals surface area contributed by atoms with Crippen molar-refractivity contribution in [2.24, 2.45) is 28.1 Å². The highest BCUT2D eigenvalue weighted by Crippen LogP contribution is 2.80. The molecule has 0 amide bonds. The van der Waals surface area contributed by atoms with Crippen molar-refractivity contribution in [2.45, 2.75) is 91.0 Å². The number of carbonyl (C=O) groups excluding carboxylic acids is 1. The van der Waals surface area contributed by atoms with Crippen LogP contribution in [0.25, 0.3) is 0 Å². The van der Waals surface area contributed by atoms with Crippen molar-refractivity contribution in [2.75, 3.05) is 6.61 Å². The quantitative estimate of drug-likeness (QED) is 0.538. The van der Waals surface area contributed by atoms with E-state index in [1.807, 2.05) is 0 Å². The monoisotopic (exact) mass is 400 g/mol. The van der Waals surface area contributed by atoms with Gasteiger partial charge in [-0.1, -0.05) is 33.3 Å². The molecule has 2 aliphatic heterocycles. The highest BCUT2D eigenvalue weighted by atomic mass is 16.6. The van der Waals surface area contributed by atoms with Gasteiger partial charge in [-0.2, -0.15) is 0 Å². The Kier molecular flexibility index (Phi) is 4.57. The number of hydrogen-bond donors (Lipinski definition) is 1. The van der Waals surface area contributed by atoms with Crippen molar-refractivity contribution in [3.8, 4) is 0 Å². The number of rotatable bonds is 4. The number of cyclic esters (lactones) is 1. The van der Waals surface area contributed by atoms with Crippen LogP contribution in [-0.4, -0.2) is 30.1 Å². The number of hydrogen-bond acceptors (Lipinski definition) is 4. The first kappa shape index (κ1) is 19.8. The predicted octanol–water partition coefficient (Wildman–Crippen LogP) is 4.92. The zero-order valence-electron chi connectivity index (χ0n) is 18.2. The molecule has 0 aromatic carbocycles. The largest absolute Gasteiger partial charge is 0.429 e. The van der Waals surface area contributed by atoms with Crippen molar-refractivity contribution in [1.29, 1.82) is 0 Å². The van der Waals surface area contributed by atoms with Crippen LogP contribution in [0.5, 0.6) is 0 Å². The first-order valence-electron chi connectivity index (χ1n) is 11.7. The third-order valence-corrected chi connectivity index (χ3v) is 9.86. The van der Waals surface area contributed by atoms with Crippen molar-refractivity contribution in [1.82, 2.24) is 0 Å². The van der Waals surface area contributed by atoms with E-state index in [-0.39, 0.29) is 6.10 Å². The fourth-order valence-electron chi connectivity index (χ4n) is 7.72. The van der Waals surface area contributed by atoms with E-state index in [1.165, 1.54) is 56.6 Å². The summed E-state index contributed by atoms with van der Waals surface area (Å²) in [6.07, 6.45) is 14.0. The Morgan fingerprint density at radius 2 is 2.07 bits per heavy atom. The topological polar surface area (TPSA) is 55.8 Å². The van der Waals surface area contributed by atoms with Crippen LogP contribution < -0.4 is 0 Å². The second-order valence-electron chi connectivity index (χ2n) is 11.1. The fourth-order valence-corrected chi connectivity index (χ4v) is 7.72. The molecule has 5 rings (SSSR count). The van der Waals surface area contributed by atoms with Gasteiger partial charge in [0.05, 0.1) is 12.7 Å². The van der Waals surface area contributed by atoms with Crippen molar-refractivity contribution in [3.63, 3.8) is 0 Å². The van der Waals surface area contributed by atoms with Gasteiger partial charge in [0.25, 0.3) is 0 Å². The Balaban J connectivity index is 1.25. The van der Waals surface area contributed by atoms with Gasteiger partial charge in [-0.25, -0.2) is 4.79 Å². The second kappa shape index (κ2) is 6.68. The summed E-state index contributed by atoms with van der Waals surface area (Å²) in [5.41, 5.74) is 3.65. The van der Waals surface area contributed by atoms with Gasteiger partial charge in [0.2, 0.25) is 6.29 Å². The number of esters is 1. The Morgan fingerprint density at radius 3 is 2.76 bits per heavy atom. The molecular weight excluding hydrogens is 364 g/mol. The fraction of sp³-hybridized carbons (Fsp3) is 0.800. The maximum atomic E-state index is 11.4. The highest BCUT2D eigenvalue weighted by Gasteiger charge is 2.72. The Morgan fingerprint density at radius 1 is 1.24 bits per heavy atom. The summed E-state index contributed by atoms with van der Waals surface area (Å²) in [6.45, 7) is 8.24. The van der Waals surface area contributed by atoms with Crippen molar-refractivity contribution < 1.29 is 19.4 Å². The summed E-state index contributed by atoms with van der Waals surface area (Å²) in [4.78, 5) is 11.4. The molecule has 7 atom stereocenters. The van der Waals surface area contributed by atoms with Gasteiger partial charge in [-0.05, 0) is 85.0 Å². The van der Waals surface area contributed by atoms with E-state index in [4.69, 9.17) is 9.47 Å². The van der Waals surface area contributed by atoms with E-state index in [0.717, 1.165) is 18.3 Å². The lowest BCUT2D eigenvalue weighted by molar-refractivity contribution is -0.152. The summed E-state index contributed by atoms with van der Waals surface area (Å²) in [6, 6.07) is 0. The molecule has 4 nitrogen and oxygen atoms in total. The Hall–Kier alpha value is -1.13. The third kappa shape index (κ3) is 2.96. The minimum absolute atomic E-state index is 0.238. The molecule has 29 heavy (non-hydrogen) atoms. The molecule has 0 saturated heterocycles. The Labute approximate surface area is 174 Å². The van der Waals surface area contributed by atoms with Gasteiger partial charge in [-0.15, -0.1) is 0 Å². The molecule has 160 valence electrons. The van der Waals surface area contributed by atoms with Gasteiger partial charge in [-0.3, -0.25) is 0 Å². The molecule has 2 heterocycles. The van der Waals surface area contributed by atoms with E-state index >= 15 is 0 Å². The second-order valence-corrected chi connectivity index (χ2v) is 11.1. The van der Waals surface area contributed by atoms with E-state index in [1.54, 1.807) is 0 Å². The summed E-state index contributed by atoms with van der Waals surface area (Å²) in [5, 5.41) is 9.86. The van der Waals surface area contributed by atoms with Crippen LogP contribution in [0.1, 0.15) is 78.6 Å². The molecule has 1 N–H and O–H groups in total. The number of ether oxygens (including phenoxy) is 2. The van der Waals surface area contributed by atoms with Crippen LogP contribution in [0.3, 0.4) is 0 Å². The van der Waals surface area contributed by atoms with E-state index in [2.05, 4.69) is 26.8 Å². The van der Waals surface area contributed by atoms with Crippen LogP contribution in [0.2, 0.25) is 0 Å². The summed E-state index contributed by atoms with van der Waals surface area (Å²) >= 11 is 0. The summed E-state index contributed by atoms with van der Waals surface area (Å²) in [5.74, 6) is 1.21. The van der Waals surface area contributed by atoms with Gasteiger partial charge in [0.15, 0.2) is 0 Å². The number of aliphatic hydroxyl groups excluding tert-OH is 1. The molecule has 0 aromatic rings. The van der Waals surface area contributed by atoms with Crippen molar-refractivity contribution >= 4 is 5.97 Å². The van der Waals surface area contributed by atoms with Gasteiger partial charge in [0.1, 0.15) is 0 Å². The smallest absolute Gasteiger partial charge is 0.333 e. The maximum Gasteiger partial charge on any atom is 0.333 e. The normalized spacial score (nSPS) is 48.9. The molecule has 3 fully saturated rings. The lowest BCUT2D eigenvalue weighted by Gasteiger charge is -2.55.